The second-order valence-corrected chi connectivity index (χ2v) is 17.2. The number of likely N-dealkylation sites (N-methyl/N-ethyl adjacent to an activating group) is 1. The van der Waals surface area contributed by atoms with E-state index in [0.29, 0.717) is 19.8 Å². The second kappa shape index (κ2) is 15.3. The highest BCUT2D eigenvalue weighted by Crippen LogP contribution is 2.55. The van der Waals surface area contributed by atoms with Gasteiger partial charge in [0.2, 0.25) is 5.91 Å². The van der Waals surface area contributed by atoms with Crippen molar-refractivity contribution in [3.05, 3.63) is 88.5 Å². The average Bonchev–Trinajstić information content (AvgIpc) is 3.85. The van der Waals surface area contributed by atoms with Crippen LogP contribution in [0.15, 0.2) is 60.7 Å². The largest absolute Gasteiger partial charge is 0.492 e. The van der Waals surface area contributed by atoms with Gasteiger partial charge in [0, 0.05) is 48.6 Å². The van der Waals surface area contributed by atoms with Gasteiger partial charge in [-0.25, -0.2) is 0 Å². The van der Waals surface area contributed by atoms with Gasteiger partial charge < -0.3 is 19.3 Å². The molecule has 51 heavy (non-hydrogen) atoms. The number of amides is 1. The molecule has 0 aromatic heterocycles. The highest BCUT2D eigenvalue weighted by molar-refractivity contribution is 6.13. The van der Waals surface area contributed by atoms with Gasteiger partial charge in [0.15, 0.2) is 0 Å². The van der Waals surface area contributed by atoms with Gasteiger partial charge in [-0.15, -0.1) is 0 Å². The molecule has 3 heterocycles. The number of rotatable bonds is 13. The van der Waals surface area contributed by atoms with Crippen molar-refractivity contribution in [1.29, 1.82) is 0 Å². The van der Waals surface area contributed by atoms with E-state index in [2.05, 4.69) is 131 Å². The molecule has 0 radical (unpaired) electrons. The fourth-order valence-corrected chi connectivity index (χ4v) is 8.05. The van der Waals surface area contributed by atoms with E-state index >= 15 is 4.79 Å². The molecular formula is C44H62N4O3. The lowest BCUT2D eigenvalue weighted by Gasteiger charge is -2.35. The minimum Gasteiger partial charge on any atom is -0.492 e. The first-order valence-corrected chi connectivity index (χ1v) is 19.4. The van der Waals surface area contributed by atoms with E-state index in [1.54, 1.807) is 0 Å². The molecule has 2 saturated heterocycles. The molecule has 3 aromatic carbocycles. The number of likely N-dealkylation sites (tertiary alicyclic amines) is 2. The van der Waals surface area contributed by atoms with Crippen molar-refractivity contribution in [2.45, 2.75) is 83.5 Å². The Morgan fingerprint density at radius 1 is 0.647 bits per heavy atom. The molecule has 0 unspecified atom stereocenters. The van der Waals surface area contributed by atoms with Gasteiger partial charge >= 0.3 is 0 Å². The first-order valence-electron chi connectivity index (χ1n) is 19.4. The summed E-state index contributed by atoms with van der Waals surface area (Å²) in [6, 6.07) is 21.6. The SMILES string of the molecule is CN(C)CCN1C(=O)C(c2cc(C(C)(C)C)ccc2OCCN2CCCC2)(c2cc(C(C)(C)C)ccc2OCCN2CCCC2)c2ccccc21. The van der Waals surface area contributed by atoms with Crippen molar-refractivity contribution in [1.82, 2.24) is 14.7 Å². The Bertz CT molecular complexity index is 1570. The summed E-state index contributed by atoms with van der Waals surface area (Å²) in [5, 5.41) is 0. The number of benzene rings is 3. The van der Waals surface area contributed by atoms with Gasteiger partial charge in [0.25, 0.3) is 0 Å². The number of carbonyl (C=O) groups excluding carboxylic acids is 1. The predicted molar refractivity (Wildman–Crippen MR) is 210 cm³/mol. The Labute approximate surface area is 307 Å². The standard InChI is InChI=1S/C44H62N4O3/c1-42(2,3)33-17-19-39(50-29-27-46-21-11-12-22-46)36(31-33)44(35-15-9-10-16-38(35)48(41(44)49)26-25-45(7)8)37-32-34(43(4,5)6)18-20-40(37)51-30-28-47-23-13-14-24-47/h9-10,15-20,31-32H,11-14,21-30H2,1-8H3. The van der Waals surface area contributed by atoms with Crippen molar-refractivity contribution in [2.24, 2.45) is 0 Å². The van der Waals surface area contributed by atoms with Crippen LogP contribution >= 0.6 is 0 Å². The number of hydrogen-bond donors (Lipinski definition) is 0. The van der Waals surface area contributed by atoms with Crippen LogP contribution in [0.5, 0.6) is 11.5 Å². The number of ether oxygens (including phenoxy) is 2. The molecule has 276 valence electrons. The molecule has 6 rings (SSSR count). The number of hydrogen-bond acceptors (Lipinski definition) is 6. The van der Waals surface area contributed by atoms with Crippen LogP contribution in [0, 0.1) is 0 Å². The molecule has 0 saturated carbocycles. The Balaban J connectivity index is 1.59. The molecule has 0 atom stereocenters. The first-order chi connectivity index (χ1) is 24.3. The Kier molecular flexibility index (Phi) is 11.2. The van der Waals surface area contributed by atoms with Crippen LogP contribution in [0.3, 0.4) is 0 Å². The summed E-state index contributed by atoms with van der Waals surface area (Å²) in [5.74, 6) is 1.59. The summed E-state index contributed by atoms with van der Waals surface area (Å²) < 4.78 is 13.7. The van der Waals surface area contributed by atoms with E-state index in [1.165, 1.54) is 36.8 Å². The lowest BCUT2D eigenvalue weighted by atomic mass is 9.67. The number of anilines is 1. The number of nitrogens with zero attached hydrogens (tertiary/aromatic N) is 4. The third kappa shape index (κ3) is 7.86. The molecule has 0 spiro atoms. The third-order valence-corrected chi connectivity index (χ3v) is 11.2. The summed E-state index contributed by atoms with van der Waals surface area (Å²) >= 11 is 0. The molecule has 3 aliphatic rings. The molecule has 7 heteroatoms. The van der Waals surface area contributed by atoms with Crippen LogP contribution < -0.4 is 14.4 Å². The van der Waals surface area contributed by atoms with Crippen LogP contribution in [-0.2, 0) is 21.0 Å². The van der Waals surface area contributed by atoms with E-state index in [4.69, 9.17) is 9.47 Å². The van der Waals surface area contributed by atoms with E-state index in [0.717, 1.165) is 79.7 Å². The van der Waals surface area contributed by atoms with Crippen LogP contribution in [0.2, 0.25) is 0 Å². The zero-order valence-corrected chi connectivity index (χ0v) is 32.7. The van der Waals surface area contributed by atoms with Gasteiger partial charge in [0.05, 0.1) is 0 Å². The van der Waals surface area contributed by atoms with Gasteiger partial charge in [-0.2, -0.15) is 0 Å². The minimum atomic E-state index is -1.18. The summed E-state index contributed by atoms with van der Waals surface area (Å²) in [4.78, 5) is 25.0. The van der Waals surface area contributed by atoms with Crippen LogP contribution in [0.25, 0.3) is 0 Å². The normalized spacial score (nSPS) is 18.2. The predicted octanol–water partition coefficient (Wildman–Crippen LogP) is 7.47. The molecule has 2 fully saturated rings. The van der Waals surface area contributed by atoms with Gasteiger partial charge in [-0.05, 0) is 118 Å². The monoisotopic (exact) mass is 694 g/mol. The highest BCUT2D eigenvalue weighted by atomic mass is 16.5. The van der Waals surface area contributed by atoms with Crippen molar-refractivity contribution < 1.29 is 14.3 Å². The second-order valence-electron chi connectivity index (χ2n) is 17.2. The summed E-state index contributed by atoms with van der Waals surface area (Å²) in [6.07, 6.45) is 4.97. The lowest BCUT2D eigenvalue weighted by molar-refractivity contribution is -0.120. The fraction of sp³-hybridized carbons (Fsp3) is 0.568. The van der Waals surface area contributed by atoms with E-state index in [9.17, 15) is 0 Å². The average molecular weight is 695 g/mol. The molecule has 3 aliphatic heterocycles. The summed E-state index contributed by atoms with van der Waals surface area (Å²) in [5.41, 5.74) is 4.62. The zero-order valence-electron chi connectivity index (χ0n) is 32.7. The maximum atomic E-state index is 15.9. The van der Waals surface area contributed by atoms with E-state index in [-0.39, 0.29) is 16.7 Å². The first kappa shape index (κ1) is 37.4. The Morgan fingerprint density at radius 2 is 1.12 bits per heavy atom. The molecule has 0 N–H and O–H groups in total. The van der Waals surface area contributed by atoms with Crippen molar-refractivity contribution >= 4 is 11.6 Å². The van der Waals surface area contributed by atoms with E-state index in [1.807, 2.05) is 4.90 Å². The molecule has 0 aliphatic carbocycles. The highest BCUT2D eigenvalue weighted by Gasteiger charge is 2.56. The molecule has 7 nitrogen and oxygen atoms in total. The van der Waals surface area contributed by atoms with Crippen molar-refractivity contribution in [3.8, 4) is 11.5 Å². The van der Waals surface area contributed by atoms with Gasteiger partial charge in [-0.1, -0.05) is 71.9 Å². The van der Waals surface area contributed by atoms with Gasteiger partial charge in [-0.3, -0.25) is 14.6 Å². The molecule has 1 amide bonds. The minimum absolute atomic E-state index is 0.0523. The van der Waals surface area contributed by atoms with Crippen molar-refractivity contribution in [2.75, 3.05) is 84.6 Å². The van der Waals surface area contributed by atoms with E-state index < -0.39 is 5.41 Å². The summed E-state index contributed by atoms with van der Waals surface area (Å²) in [6.45, 7) is 22.1. The molecular weight excluding hydrogens is 633 g/mol. The number of para-hydroxylation sites is 1. The smallest absolute Gasteiger partial charge is 0.247 e. The van der Waals surface area contributed by atoms with Crippen LogP contribution in [0.4, 0.5) is 5.69 Å². The van der Waals surface area contributed by atoms with Crippen LogP contribution in [0.1, 0.15) is 95.0 Å². The topological polar surface area (TPSA) is 48.5 Å². The molecule has 3 aromatic rings. The third-order valence-electron chi connectivity index (χ3n) is 11.2. The number of fused-ring (bicyclic) bond motifs is 1. The zero-order chi connectivity index (χ0) is 36.4. The number of carbonyl (C=O) groups is 1. The Morgan fingerprint density at radius 3 is 1.57 bits per heavy atom. The maximum absolute atomic E-state index is 15.9. The Hall–Kier alpha value is -3.39. The lowest BCUT2D eigenvalue weighted by Crippen LogP contribution is -2.45. The summed E-state index contributed by atoms with van der Waals surface area (Å²) in [7, 11) is 4.13. The maximum Gasteiger partial charge on any atom is 0.247 e. The molecule has 0 bridgehead atoms. The fourth-order valence-electron chi connectivity index (χ4n) is 8.05. The quantitative estimate of drug-likeness (QED) is 0.185. The van der Waals surface area contributed by atoms with Crippen molar-refractivity contribution in [3.63, 3.8) is 0 Å². The van der Waals surface area contributed by atoms with Crippen LogP contribution in [-0.4, -0.2) is 100 Å². The van der Waals surface area contributed by atoms with Gasteiger partial charge in [0.1, 0.15) is 30.1 Å².